The third kappa shape index (κ3) is 3.87. The highest BCUT2D eigenvalue weighted by atomic mass is 16.1. The van der Waals surface area contributed by atoms with Gasteiger partial charge in [-0.2, -0.15) is 0 Å². The summed E-state index contributed by atoms with van der Waals surface area (Å²) in [5, 5.41) is 0. The summed E-state index contributed by atoms with van der Waals surface area (Å²) in [4.78, 5) is 18.0. The molecule has 0 atom stereocenters. The number of carbonyl (C=O) groups is 1. The van der Waals surface area contributed by atoms with E-state index in [9.17, 15) is 4.79 Å². The first-order valence-electron chi connectivity index (χ1n) is 7.35. The minimum Gasteiger partial charge on any atom is -0.303 e. The van der Waals surface area contributed by atoms with E-state index in [1.165, 1.54) is 31.1 Å². The molecule has 19 heavy (non-hydrogen) atoms. The Balaban J connectivity index is 1.99. The highest BCUT2D eigenvalue weighted by Crippen LogP contribution is 2.35. The Kier molecular flexibility index (Phi) is 5.08. The maximum absolute atomic E-state index is 11.5. The van der Waals surface area contributed by atoms with Crippen molar-refractivity contribution in [1.29, 1.82) is 0 Å². The highest BCUT2D eigenvalue weighted by molar-refractivity contribution is 5.60. The first kappa shape index (κ1) is 14.2. The van der Waals surface area contributed by atoms with E-state index in [-0.39, 0.29) is 5.41 Å². The van der Waals surface area contributed by atoms with Crippen LogP contribution in [-0.4, -0.2) is 29.3 Å². The van der Waals surface area contributed by atoms with Gasteiger partial charge < -0.3 is 4.79 Å². The molecule has 0 aromatic carbocycles. The summed E-state index contributed by atoms with van der Waals surface area (Å²) in [6, 6.07) is 4.11. The number of carbonyl (C=O) groups excluding carboxylic acids is 1. The van der Waals surface area contributed by atoms with Crippen LogP contribution in [0.4, 0.5) is 0 Å². The van der Waals surface area contributed by atoms with Crippen molar-refractivity contribution >= 4 is 6.29 Å². The van der Waals surface area contributed by atoms with Crippen molar-refractivity contribution in [2.24, 2.45) is 5.41 Å². The van der Waals surface area contributed by atoms with Gasteiger partial charge in [-0.15, -0.1) is 0 Å². The molecule has 1 heterocycles. The average molecular weight is 260 g/mol. The molecule has 3 nitrogen and oxygen atoms in total. The third-order valence-corrected chi connectivity index (χ3v) is 4.24. The molecule has 0 bridgehead atoms. The second kappa shape index (κ2) is 6.80. The van der Waals surface area contributed by atoms with Crippen molar-refractivity contribution in [3.8, 4) is 0 Å². The van der Waals surface area contributed by atoms with Crippen LogP contribution in [0.3, 0.4) is 0 Å². The molecule has 3 heteroatoms. The number of pyridine rings is 1. The molecule has 104 valence electrons. The zero-order chi connectivity index (χ0) is 13.6. The summed E-state index contributed by atoms with van der Waals surface area (Å²) in [5.74, 6) is 0. The summed E-state index contributed by atoms with van der Waals surface area (Å²) in [6.07, 6.45) is 10.7. The van der Waals surface area contributed by atoms with E-state index in [0.717, 1.165) is 32.5 Å². The lowest BCUT2D eigenvalue weighted by molar-refractivity contribution is -0.119. The van der Waals surface area contributed by atoms with Crippen LogP contribution in [0.1, 0.15) is 44.6 Å². The lowest BCUT2D eigenvalue weighted by Gasteiger charge is -2.36. The Morgan fingerprint density at radius 3 is 2.53 bits per heavy atom. The van der Waals surface area contributed by atoms with E-state index in [2.05, 4.69) is 28.9 Å². The molecule has 1 saturated carbocycles. The van der Waals surface area contributed by atoms with E-state index < -0.39 is 0 Å². The summed E-state index contributed by atoms with van der Waals surface area (Å²) >= 11 is 0. The van der Waals surface area contributed by atoms with Crippen LogP contribution in [-0.2, 0) is 11.3 Å². The number of nitrogens with zero attached hydrogens (tertiary/aromatic N) is 2. The predicted molar refractivity (Wildman–Crippen MR) is 76.8 cm³/mol. The van der Waals surface area contributed by atoms with E-state index in [0.29, 0.717) is 0 Å². The zero-order valence-electron chi connectivity index (χ0n) is 11.8. The zero-order valence-corrected chi connectivity index (χ0v) is 11.8. The van der Waals surface area contributed by atoms with Crippen molar-refractivity contribution in [3.05, 3.63) is 30.1 Å². The Morgan fingerprint density at radius 2 is 1.95 bits per heavy atom. The maximum atomic E-state index is 11.5. The molecule has 1 aliphatic rings. The molecular weight excluding hydrogens is 236 g/mol. The smallest absolute Gasteiger partial charge is 0.127 e. The second-order valence-electron chi connectivity index (χ2n) is 5.70. The SMILES string of the molecule is CCN(Cc1ccncc1)CC1(C=O)CCCCC1. The lowest BCUT2D eigenvalue weighted by Crippen LogP contribution is -2.40. The summed E-state index contributed by atoms with van der Waals surface area (Å²) in [7, 11) is 0. The van der Waals surface area contributed by atoms with E-state index >= 15 is 0 Å². The summed E-state index contributed by atoms with van der Waals surface area (Å²) in [5.41, 5.74) is 1.18. The molecule has 0 radical (unpaired) electrons. The quantitative estimate of drug-likeness (QED) is 0.737. The number of aromatic nitrogens is 1. The number of hydrogen-bond acceptors (Lipinski definition) is 3. The molecule has 0 spiro atoms. The van der Waals surface area contributed by atoms with E-state index in [1.54, 1.807) is 0 Å². The first-order chi connectivity index (χ1) is 9.28. The van der Waals surface area contributed by atoms with E-state index in [4.69, 9.17) is 0 Å². The van der Waals surface area contributed by atoms with Crippen molar-refractivity contribution in [3.63, 3.8) is 0 Å². The molecule has 1 aromatic rings. The third-order valence-electron chi connectivity index (χ3n) is 4.24. The van der Waals surface area contributed by atoms with Gasteiger partial charge in [0.15, 0.2) is 0 Å². The molecule has 1 aromatic heterocycles. The van der Waals surface area contributed by atoms with Crippen molar-refractivity contribution in [2.75, 3.05) is 13.1 Å². The Hall–Kier alpha value is -1.22. The Bertz CT molecular complexity index is 385. The number of rotatable bonds is 6. The fraction of sp³-hybridized carbons (Fsp3) is 0.625. The van der Waals surface area contributed by atoms with E-state index in [1.807, 2.05) is 12.4 Å². The summed E-state index contributed by atoms with van der Waals surface area (Å²) < 4.78 is 0. The van der Waals surface area contributed by atoms with Gasteiger partial charge in [0.25, 0.3) is 0 Å². The average Bonchev–Trinajstić information content (AvgIpc) is 2.48. The Morgan fingerprint density at radius 1 is 1.26 bits per heavy atom. The normalized spacial score (nSPS) is 18.4. The fourth-order valence-corrected chi connectivity index (χ4v) is 3.04. The topological polar surface area (TPSA) is 33.2 Å². The van der Waals surface area contributed by atoms with Crippen LogP contribution in [0, 0.1) is 5.41 Å². The van der Waals surface area contributed by atoms with Gasteiger partial charge in [-0.1, -0.05) is 26.2 Å². The molecule has 0 amide bonds. The standard InChI is InChI=1S/C16H24N2O/c1-2-18(12-15-6-10-17-11-7-15)13-16(14-19)8-4-3-5-9-16/h6-7,10-11,14H,2-5,8-9,12-13H2,1H3. The molecule has 0 saturated heterocycles. The van der Waals surface area contributed by atoms with Gasteiger partial charge in [-0.25, -0.2) is 0 Å². The van der Waals surface area contributed by atoms with Gasteiger partial charge in [0.05, 0.1) is 0 Å². The Labute approximate surface area is 116 Å². The highest BCUT2D eigenvalue weighted by Gasteiger charge is 2.33. The minimum absolute atomic E-state index is 0.0959. The van der Waals surface area contributed by atoms with Crippen LogP contribution in [0.15, 0.2) is 24.5 Å². The van der Waals surface area contributed by atoms with Crippen molar-refractivity contribution in [1.82, 2.24) is 9.88 Å². The van der Waals surface area contributed by atoms with Gasteiger partial charge in [-0.3, -0.25) is 9.88 Å². The molecule has 0 unspecified atom stereocenters. The minimum atomic E-state index is -0.0959. The monoisotopic (exact) mass is 260 g/mol. The first-order valence-corrected chi connectivity index (χ1v) is 7.35. The second-order valence-corrected chi connectivity index (χ2v) is 5.70. The lowest BCUT2D eigenvalue weighted by atomic mass is 9.75. The van der Waals surface area contributed by atoms with Crippen LogP contribution in [0.2, 0.25) is 0 Å². The number of hydrogen-bond donors (Lipinski definition) is 0. The van der Waals surface area contributed by atoms with Gasteiger partial charge >= 0.3 is 0 Å². The van der Waals surface area contributed by atoms with Gasteiger partial charge in [0.2, 0.25) is 0 Å². The van der Waals surface area contributed by atoms with Crippen molar-refractivity contribution in [2.45, 2.75) is 45.6 Å². The van der Waals surface area contributed by atoms with Gasteiger partial charge in [0, 0.05) is 30.9 Å². The fourth-order valence-electron chi connectivity index (χ4n) is 3.04. The van der Waals surface area contributed by atoms with Crippen LogP contribution in [0.5, 0.6) is 0 Å². The number of aldehydes is 1. The molecule has 2 rings (SSSR count). The predicted octanol–water partition coefficient (Wildman–Crippen LogP) is 3.05. The maximum Gasteiger partial charge on any atom is 0.127 e. The molecule has 1 fully saturated rings. The van der Waals surface area contributed by atoms with Crippen LogP contribution in [0.25, 0.3) is 0 Å². The molecule has 1 aliphatic carbocycles. The van der Waals surface area contributed by atoms with Gasteiger partial charge in [0.1, 0.15) is 6.29 Å². The molecule has 0 N–H and O–H groups in total. The molecule has 0 aliphatic heterocycles. The van der Waals surface area contributed by atoms with Crippen molar-refractivity contribution < 1.29 is 4.79 Å². The van der Waals surface area contributed by atoms with Gasteiger partial charge in [-0.05, 0) is 37.1 Å². The summed E-state index contributed by atoms with van der Waals surface area (Å²) in [6.45, 7) is 4.96. The van der Waals surface area contributed by atoms with Crippen LogP contribution >= 0.6 is 0 Å². The van der Waals surface area contributed by atoms with Crippen LogP contribution < -0.4 is 0 Å². The molecular formula is C16H24N2O. The largest absolute Gasteiger partial charge is 0.303 e.